The molecular weight excluding hydrogens is 276 g/mol. The molecule has 0 saturated heterocycles. The van der Waals surface area contributed by atoms with Crippen molar-refractivity contribution in [3.8, 4) is 0 Å². The van der Waals surface area contributed by atoms with Crippen LogP contribution in [-0.4, -0.2) is 11.8 Å². The number of carbonyl (C=O) groups excluding carboxylic acids is 2. The van der Waals surface area contributed by atoms with Crippen molar-refractivity contribution in [3.63, 3.8) is 0 Å². The second-order valence-electron chi connectivity index (χ2n) is 5.49. The standard InChI is InChI=1S/C18H18N2O2/c1-2-12-3-6-15(7-4-12)19-17(21)10-13-5-8-16-14(9-13)11-18(22)20-16/h3-9H,2,10-11H2,1H3,(H,19,21)(H,20,22). The SMILES string of the molecule is CCc1ccc(NC(=O)Cc2ccc3c(c2)CC(=O)N3)cc1. The summed E-state index contributed by atoms with van der Waals surface area (Å²) in [5.74, 6) is -0.0471. The maximum absolute atomic E-state index is 12.1. The maximum atomic E-state index is 12.1. The van der Waals surface area contributed by atoms with Crippen LogP contribution in [0.25, 0.3) is 0 Å². The van der Waals surface area contributed by atoms with E-state index >= 15 is 0 Å². The Morgan fingerprint density at radius 2 is 1.86 bits per heavy atom. The lowest BCUT2D eigenvalue weighted by molar-refractivity contribution is -0.116. The number of anilines is 2. The van der Waals surface area contributed by atoms with Crippen molar-refractivity contribution in [2.45, 2.75) is 26.2 Å². The number of hydrogen-bond acceptors (Lipinski definition) is 2. The second-order valence-corrected chi connectivity index (χ2v) is 5.49. The fraction of sp³-hybridized carbons (Fsp3) is 0.222. The number of carbonyl (C=O) groups is 2. The van der Waals surface area contributed by atoms with Gasteiger partial charge in [-0.1, -0.05) is 31.2 Å². The summed E-state index contributed by atoms with van der Waals surface area (Å²) in [6.45, 7) is 2.10. The van der Waals surface area contributed by atoms with Gasteiger partial charge in [-0.15, -0.1) is 0 Å². The summed E-state index contributed by atoms with van der Waals surface area (Å²) in [6, 6.07) is 13.5. The summed E-state index contributed by atoms with van der Waals surface area (Å²) in [4.78, 5) is 23.4. The van der Waals surface area contributed by atoms with Crippen molar-refractivity contribution >= 4 is 23.2 Å². The van der Waals surface area contributed by atoms with E-state index in [2.05, 4.69) is 17.6 Å². The lowest BCUT2D eigenvalue weighted by atomic mass is 10.1. The Kier molecular flexibility index (Phi) is 3.92. The highest BCUT2D eigenvalue weighted by Crippen LogP contribution is 2.24. The molecule has 0 bridgehead atoms. The van der Waals surface area contributed by atoms with Gasteiger partial charge in [0.05, 0.1) is 12.8 Å². The minimum atomic E-state index is -0.0542. The molecule has 2 N–H and O–H groups in total. The molecule has 0 unspecified atom stereocenters. The zero-order chi connectivity index (χ0) is 15.5. The van der Waals surface area contributed by atoms with Gasteiger partial charge in [-0.3, -0.25) is 9.59 Å². The molecule has 0 aromatic heterocycles. The summed E-state index contributed by atoms with van der Waals surface area (Å²) < 4.78 is 0. The van der Waals surface area contributed by atoms with E-state index < -0.39 is 0 Å². The highest BCUT2D eigenvalue weighted by molar-refractivity contribution is 5.99. The molecule has 0 atom stereocenters. The van der Waals surface area contributed by atoms with Crippen LogP contribution in [-0.2, 0) is 28.9 Å². The van der Waals surface area contributed by atoms with Gasteiger partial charge in [0.15, 0.2) is 0 Å². The fourth-order valence-corrected chi connectivity index (χ4v) is 2.61. The molecule has 22 heavy (non-hydrogen) atoms. The molecule has 4 nitrogen and oxygen atoms in total. The number of aryl methyl sites for hydroxylation is 1. The van der Waals surface area contributed by atoms with Crippen LogP contribution in [0.4, 0.5) is 11.4 Å². The van der Waals surface area contributed by atoms with Gasteiger partial charge < -0.3 is 10.6 Å². The number of rotatable bonds is 4. The first kappa shape index (κ1) is 14.3. The highest BCUT2D eigenvalue weighted by atomic mass is 16.2. The van der Waals surface area contributed by atoms with E-state index in [-0.39, 0.29) is 11.8 Å². The third-order valence-electron chi connectivity index (χ3n) is 3.81. The van der Waals surface area contributed by atoms with Gasteiger partial charge in [-0.25, -0.2) is 0 Å². The Morgan fingerprint density at radius 1 is 1.14 bits per heavy atom. The summed E-state index contributed by atoms with van der Waals surface area (Å²) >= 11 is 0. The van der Waals surface area contributed by atoms with Crippen molar-refractivity contribution < 1.29 is 9.59 Å². The second kappa shape index (κ2) is 6.02. The maximum Gasteiger partial charge on any atom is 0.228 e. The summed E-state index contributed by atoms with van der Waals surface area (Å²) in [6.07, 6.45) is 1.68. The van der Waals surface area contributed by atoms with E-state index in [0.29, 0.717) is 12.8 Å². The molecule has 0 aliphatic carbocycles. The molecule has 2 aromatic rings. The molecule has 0 saturated carbocycles. The topological polar surface area (TPSA) is 58.2 Å². The van der Waals surface area contributed by atoms with Crippen molar-refractivity contribution in [2.75, 3.05) is 10.6 Å². The molecule has 0 radical (unpaired) electrons. The van der Waals surface area contributed by atoms with Gasteiger partial charge in [0.2, 0.25) is 11.8 Å². The quantitative estimate of drug-likeness (QED) is 0.911. The molecule has 2 aromatic carbocycles. The Labute approximate surface area is 129 Å². The van der Waals surface area contributed by atoms with Gasteiger partial charge in [0.25, 0.3) is 0 Å². The predicted octanol–water partition coefficient (Wildman–Crippen LogP) is 2.92. The highest BCUT2D eigenvalue weighted by Gasteiger charge is 2.17. The van der Waals surface area contributed by atoms with Gasteiger partial charge in [-0.2, -0.15) is 0 Å². The van der Waals surface area contributed by atoms with Gasteiger partial charge in [-0.05, 0) is 41.3 Å². The largest absolute Gasteiger partial charge is 0.326 e. The average Bonchev–Trinajstić information content (AvgIpc) is 2.87. The molecule has 0 fully saturated rings. The van der Waals surface area contributed by atoms with Crippen LogP contribution in [0.3, 0.4) is 0 Å². The molecule has 3 rings (SSSR count). The molecule has 4 heteroatoms. The van der Waals surface area contributed by atoms with E-state index in [4.69, 9.17) is 0 Å². The first-order valence-electron chi connectivity index (χ1n) is 7.44. The smallest absolute Gasteiger partial charge is 0.228 e. The predicted molar refractivity (Wildman–Crippen MR) is 86.9 cm³/mol. The molecule has 1 heterocycles. The van der Waals surface area contributed by atoms with Gasteiger partial charge in [0, 0.05) is 11.4 Å². The number of benzene rings is 2. The molecule has 1 aliphatic rings. The Balaban J connectivity index is 1.64. The molecular formula is C18H18N2O2. The van der Waals surface area contributed by atoms with Crippen molar-refractivity contribution in [3.05, 3.63) is 59.2 Å². The monoisotopic (exact) mass is 294 g/mol. The Bertz CT molecular complexity index is 720. The molecule has 112 valence electrons. The van der Waals surface area contributed by atoms with E-state index in [1.165, 1.54) is 5.56 Å². The molecule has 2 amide bonds. The van der Waals surface area contributed by atoms with E-state index in [1.54, 1.807) is 0 Å². The van der Waals surface area contributed by atoms with Crippen molar-refractivity contribution in [1.82, 2.24) is 0 Å². The van der Waals surface area contributed by atoms with Gasteiger partial charge in [0.1, 0.15) is 0 Å². The number of hydrogen-bond donors (Lipinski definition) is 2. The summed E-state index contributed by atoms with van der Waals surface area (Å²) in [5.41, 5.74) is 4.78. The first-order valence-corrected chi connectivity index (χ1v) is 7.44. The number of amides is 2. The number of fused-ring (bicyclic) bond motifs is 1. The van der Waals surface area contributed by atoms with Crippen LogP contribution in [0.5, 0.6) is 0 Å². The minimum absolute atomic E-state index is 0.00705. The molecule has 0 spiro atoms. The third-order valence-corrected chi connectivity index (χ3v) is 3.81. The lowest BCUT2D eigenvalue weighted by Gasteiger charge is -2.07. The van der Waals surface area contributed by atoms with Crippen LogP contribution < -0.4 is 10.6 Å². The first-order chi connectivity index (χ1) is 10.6. The summed E-state index contributed by atoms with van der Waals surface area (Å²) in [5, 5.41) is 5.69. The minimum Gasteiger partial charge on any atom is -0.326 e. The van der Waals surface area contributed by atoms with Crippen molar-refractivity contribution in [2.24, 2.45) is 0 Å². The van der Waals surface area contributed by atoms with Crippen LogP contribution in [0, 0.1) is 0 Å². The Hall–Kier alpha value is -2.62. The fourth-order valence-electron chi connectivity index (χ4n) is 2.61. The van der Waals surface area contributed by atoms with Crippen LogP contribution >= 0.6 is 0 Å². The average molecular weight is 294 g/mol. The van der Waals surface area contributed by atoms with Crippen LogP contribution in [0.2, 0.25) is 0 Å². The van der Waals surface area contributed by atoms with Crippen molar-refractivity contribution in [1.29, 1.82) is 0 Å². The normalized spacial score (nSPS) is 12.7. The lowest BCUT2D eigenvalue weighted by Crippen LogP contribution is -2.14. The molecule has 1 aliphatic heterocycles. The Morgan fingerprint density at radius 3 is 2.59 bits per heavy atom. The third kappa shape index (κ3) is 3.17. The van der Waals surface area contributed by atoms with E-state index in [1.807, 2.05) is 42.5 Å². The number of nitrogens with one attached hydrogen (secondary N) is 2. The summed E-state index contributed by atoms with van der Waals surface area (Å²) in [7, 11) is 0. The van der Waals surface area contributed by atoms with Crippen LogP contribution in [0.15, 0.2) is 42.5 Å². The van der Waals surface area contributed by atoms with E-state index in [0.717, 1.165) is 28.9 Å². The van der Waals surface area contributed by atoms with Gasteiger partial charge >= 0.3 is 0 Å². The van der Waals surface area contributed by atoms with E-state index in [9.17, 15) is 9.59 Å². The zero-order valence-electron chi connectivity index (χ0n) is 12.5. The van der Waals surface area contributed by atoms with Crippen LogP contribution in [0.1, 0.15) is 23.6 Å². The zero-order valence-corrected chi connectivity index (χ0v) is 12.5.